The average Bonchev–Trinajstić information content (AvgIpc) is 2.83. The molecule has 2 aliphatic carbocycles. The Kier molecular flexibility index (Phi) is 3.92. The minimum atomic E-state index is -0.429. The lowest BCUT2D eigenvalue weighted by Gasteiger charge is -2.55. The third kappa shape index (κ3) is 3.11. The van der Waals surface area contributed by atoms with Crippen LogP contribution in [0.25, 0.3) is 0 Å². The number of carbonyl (C=O) groups excluding carboxylic acids is 1. The first kappa shape index (κ1) is 16.1. The maximum atomic E-state index is 12.1. The first-order chi connectivity index (χ1) is 10.2. The highest BCUT2D eigenvalue weighted by molar-refractivity contribution is 5.68. The van der Waals surface area contributed by atoms with Gasteiger partial charge in [-0.1, -0.05) is 0 Å². The molecule has 0 aromatic heterocycles. The van der Waals surface area contributed by atoms with E-state index in [4.69, 9.17) is 14.2 Å². The van der Waals surface area contributed by atoms with Gasteiger partial charge in [0.15, 0.2) is 5.79 Å². The molecule has 0 bridgehead atoms. The van der Waals surface area contributed by atoms with E-state index in [2.05, 4.69) is 0 Å². The summed E-state index contributed by atoms with van der Waals surface area (Å²) in [6.07, 6.45) is 6.24. The van der Waals surface area contributed by atoms with Gasteiger partial charge in [0.1, 0.15) is 5.60 Å². The number of nitrogens with zero attached hydrogens (tertiary/aromatic N) is 1. The van der Waals surface area contributed by atoms with Crippen LogP contribution in [0.15, 0.2) is 0 Å². The molecule has 0 aromatic rings. The lowest BCUT2D eigenvalue weighted by Crippen LogP contribution is -2.55. The van der Waals surface area contributed by atoms with Crippen molar-refractivity contribution in [2.75, 3.05) is 20.3 Å². The Morgan fingerprint density at radius 1 is 1.09 bits per heavy atom. The molecule has 1 saturated heterocycles. The van der Waals surface area contributed by atoms with E-state index in [-0.39, 0.29) is 11.9 Å². The summed E-state index contributed by atoms with van der Waals surface area (Å²) < 4.78 is 17.1. The molecule has 0 N–H and O–H groups in total. The third-order valence-electron chi connectivity index (χ3n) is 5.45. The van der Waals surface area contributed by atoms with Gasteiger partial charge in [-0.2, -0.15) is 0 Å². The first-order valence-electron chi connectivity index (χ1n) is 8.46. The Balaban J connectivity index is 1.48. The van der Waals surface area contributed by atoms with Crippen LogP contribution in [0.5, 0.6) is 0 Å². The number of ether oxygens (including phenoxy) is 3. The Hall–Kier alpha value is -0.810. The van der Waals surface area contributed by atoms with Crippen LogP contribution in [0.2, 0.25) is 0 Å². The Bertz CT molecular complexity index is 418. The van der Waals surface area contributed by atoms with Gasteiger partial charge in [-0.15, -0.1) is 0 Å². The third-order valence-corrected chi connectivity index (χ3v) is 5.45. The van der Waals surface area contributed by atoms with E-state index in [0.29, 0.717) is 11.5 Å². The smallest absolute Gasteiger partial charge is 0.410 e. The van der Waals surface area contributed by atoms with Crippen molar-refractivity contribution in [1.29, 1.82) is 0 Å². The van der Waals surface area contributed by atoms with Crippen LogP contribution in [0.1, 0.15) is 59.3 Å². The lowest BCUT2D eigenvalue weighted by molar-refractivity contribution is -0.203. The van der Waals surface area contributed by atoms with Crippen LogP contribution in [-0.4, -0.2) is 48.7 Å². The van der Waals surface area contributed by atoms with Gasteiger partial charge >= 0.3 is 6.09 Å². The molecule has 5 nitrogen and oxygen atoms in total. The number of carbonyl (C=O) groups is 1. The van der Waals surface area contributed by atoms with Gasteiger partial charge in [-0.25, -0.2) is 4.79 Å². The van der Waals surface area contributed by atoms with Crippen molar-refractivity contribution < 1.29 is 19.0 Å². The van der Waals surface area contributed by atoms with Gasteiger partial charge in [-0.05, 0) is 51.9 Å². The lowest BCUT2D eigenvalue weighted by atomic mass is 9.57. The van der Waals surface area contributed by atoms with Gasteiger partial charge in [0.05, 0.1) is 13.2 Å². The molecule has 5 heteroatoms. The summed E-state index contributed by atoms with van der Waals surface area (Å²) in [6.45, 7) is 7.18. The predicted molar refractivity (Wildman–Crippen MR) is 82.6 cm³/mol. The van der Waals surface area contributed by atoms with E-state index in [1.54, 1.807) is 4.90 Å². The number of hydrogen-bond acceptors (Lipinski definition) is 4. The van der Waals surface area contributed by atoms with Crippen LogP contribution >= 0.6 is 0 Å². The van der Waals surface area contributed by atoms with E-state index < -0.39 is 5.60 Å². The maximum Gasteiger partial charge on any atom is 0.410 e. The second-order valence-corrected chi connectivity index (χ2v) is 8.26. The Morgan fingerprint density at radius 2 is 1.64 bits per heavy atom. The normalized spacial score (nSPS) is 26.9. The molecule has 1 heterocycles. The van der Waals surface area contributed by atoms with Crippen LogP contribution in [0, 0.1) is 5.41 Å². The molecule has 0 aromatic carbocycles. The predicted octanol–water partition coefficient (Wildman–Crippen LogP) is 3.32. The fourth-order valence-corrected chi connectivity index (χ4v) is 4.05. The number of rotatable bonds is 1. The molecule has 1 aliphatic heterocycles. The standard InChI is InChI=1S/C17H29NO4/c1-15(2,3)22-14(19)18(4)13-11-16(12-13)5-7-17(8-6-16)20-9-10-21-17/h13H,5-12H2,1-4H3. The van der Waals surface area contributed by atoms with Crippen molar-refractivity contribution in [3.8, 4) is 0 Å². The van der Waals surface area contributed by atoms with Crippen LogP contribution < -0.4 is 0 Å². The Labute approximate surface area is 133 Å². The monoisotopic (exact) mass is 311 g/mol. The summed E-state index contributed by atoms with van der Waals surface area (Å²) >= 11 is 0. The quantitative estimate of drug-likeness (QED) is 0.745. The molecular formula is C17H29NO4. The molecule has 2 spiro atoms. The molecule has 0 atom stereocenters. The molecule has 2 saturated carbocycles. The number of hydrogen-bond donors (Lipinski definition) is 0. The summed E-state index contributed by atoms with van der Waals surface area (Å²) in [7, 11) is 1.86. The van der Waals surface area contributed by atoms with Crippen molar-refractivity contribution in [1.82, 2.24) is 4.90 Å². The van der Waals surface area contributed by atoms with E-state index in [9.17, 15) is 4.79 Å². The highest BCUT2D eigenvalue weighted by atomic mass is 16.7. The minimum Gasteiger partial charge on any atom is -0.444 e. The highest BCUT2D eigenvalue weighted by Crippen LogP contribution is 2.56. The summed E-state index contributed by atoms with van der Waals surface area (Å²) in [6, 6.07) is 0.314. The molecule has 3 rings (SSSR count). The van der Waals surface area contributed by atoms with Crippen molar-refractivity contribution in [3.63, 3.8) is 0 Å². The summed E-state index contributed by atoms with van der Waals surface area (Å²) in [5.74, 6) is -0.284. The van der Waals surface area contributed by atoms with Gasteiger partial charge in [0, 0.05) is 25.9 Å². The Morgan fingerprint density at radius 3 is 2.14 bits per heavy atom. The minimum absolute atomic E-state index is 0.206. The zero-order valence-corrected chi connectivity index (χ0v) is 14.3. The highest BCUT2D eigenvalue weighted by Gasteiger charge is 2.53. The summed E-state index contributed by atoms with van der Waals surface area (Å²) in [5.41, 5.74) is -0.0390. The zero-order chi connectivity index (χ0) is 16.0. The first-order valence-corrected chi connectivity index (χ1v) is 8.46. The van der Waals surface area contributed by atoms with E-state index in [0.717, 1.165) is 51.7 Å². The second-order valence-electron chi connectivity index (χ2n) is 8.26. The van der Waals surface area contributed by atoms with E-state index in [1.165, 1.54) is 0 Å². The fourth-order valence-electron chi connectivity index (χ4n) is 4.05. The van der Waals surface area contributed by atoms with Crippen LogP contribution in [-0.2, 0) is 14.2 Å². The molecule has 3 fully saturated rings. The molecular weight excluding hydrogens is 282 g/mol. The second kappa shape index (κ2) is 5.38. The van der Waals surface area contributed by atoms with Crippen LogP contribution in [0.4, 0.5) is 4.79 Å². The number of amides is 1. The maximum absolute atomic E-state index is 12.1. The topological polar surface area (TPSA) is 48.0 Å². The molecule has 3 aliphatic rings. The average molecular weight is 311 g/mol. The van der Waals surface area contributed by atoms with Crippen molar-refractivity contribution in [3.05, 3.63) is 0 Å². The zero-order valence-electron chi connectivity index (χ0n) is 14.3. The van der Waals surface area contributed by atoms with E-state index in [1.807, 2.05) is 27.8 Å². The van der Waals surface area contributed by atoms with Crippen molar-refractivity contribution >= 4 is 6.09 Å². The molecule has 1 amide bonds. The molecule has 0 radical (unpaired) electrons. The molecule has 22 heavy (non-hydrogen) atoms. The van der Waals surface area contributed by atoms with E-state index >= 15 is 0 Å². The van der Waals surface area contributed by atoms with Crippen molar-refractivity contribution in [2.24, 2.45) is 5.41 Å². The fraction of sp³-hybridized carbons (Fsp3) is 0.941. The molecule has 0 unspecified atom stereocenters. The van der Waals surface area contributed by atoms with Crippen LogP contribution in [0.3, 0.4) is 0 Å². The van der Waals surface area contributed by atoms with Gasteiger partial charge in [0.2, 0.25) is 0 Å². The molecule has 126 valence electrons. The summed E-state index contributed by atoms with van der Waals surface area (Å²) in [5, 5.41) is 0. The SMILES string of the molecule is CN(C(=O)OC(C)(C)C)C1CC2(CCC3(CC2)OCCO3)C1. The van der Waals surface area contributed by atoms with Gasteiger partial charge in [-0.3, -0.25) is 0 Å². The summed E-state index contributed by atoms with van der Waals surface area (Å²) in [4.78, 5) is 13.9. The van der Waals surface area contributed by atoms with Gasteiger partial charge in [0.25, 0.3) is 0 Å². The van der Waals surface area contributed by atoms with Gasteiger partial charge < -0.3 is 19.1 Å². The largest absolute Gasteiger partial charge is 0.444 e. The van der Waals surface area contributed by atoms with Crippen molar-refractivity contribution in [2.45, 2.75) is 76.7 Å².